The molecular formula is C19H28ClN3O3. The zero-order chi connectivity index (χ0) is 18.9. The molecule has 6 nitrogen and oxygen atoms in total. The van der Waals surface area contributed by atoms with Gasteiger partial charge in [0.05, 0.1) is 21.9 Å². The van der Waals surface area contributed by atoms with Crippen molar-refractivity contribution in [3.05, 3.63) is 22.8 Å². The third kappa shape index (κ3) is 3.55. The summed E-state index contributed by atoms with van der Waals surface area (Å²) >= 11 is 6.07. The Morgan fingerprint density at radius 2 is 2.12 bits per heavy atom. The number of ether oxygens (including phenoxy) is 1. The molecule has 7 heteroatoms. The van der Waals surface area contributed by atoms with Gasteiger partial charge in [-0.15, -0.1) is 0 Å². The third-order valence-electron chi connectivity index (χ3n) is 5.80. The molecule has 3 heterocycles. The summed E-state index contributed by atoms with van der Waals surface area (Å²) in [5.41, 5.74) is -0.456. The Morgan fingerprint density at radius 3 is 2.73 bits per heavy atom. The molecule has 0 aromatic carbocycles. The zero-order valence-electron chi connectivity index (χ0n) is 15.7. The molecular weight excluding hydrogens is 354 g/mol. The largest absolute Gasteiger partial charge is 0.388 e. The fourth-order valence-corrected chi connectivity index (χ4v) is 4.14. The van der Waals surface area contributed by atoms with Crippen LogP contribution in [0.4, 0.5) is 5.82 Å². The molecule has 1 aromatic heterocycles. The van der Waals surface area contributed by atoms with Crippen molar-refractivity contribution in [2.24, 2.45) is 0 Å². The van der Waals surface area contributed by atoms with Crippen molar-refractivity contribution < 1.29 is 14.6 Å². The second-order valence-electron chi connectivity index (χ2n) is 7.61. The number of halogens is 1. The number of hydrogen-bond donors (Lipinski definition) is 2. The van der Waals surface area contributed by atoms with Crippen molar-refractivity contribution in [2.75, 3.05) is 24.6 Å². The molecule has 2 aliphatic heterocycles. The van der Waals surface area contributed by atoms with Crippen molar-refractivity contribution >= 4 is 23.3 Å². The van der Waals surface area contributed by atoms with Gasteiger partial charge in [-0.25, -0.2) is 4.98 Å². The smallest absolute Gasteiger partial charge is 0.220 e. The highest BCUT2D eigenvalue weighted by atomic mass is 35.5. The van der Waals surface area contributed by atoms with Gasteiger partial charge < -0.3 is 20.1 Å². The molecule has 0 aliphatic carbocycles. The maximum absolute atomic E-state index is 11.9. The standard InChI is InChI=1S/C19H28ClN3O3/c1-4-16(24)22-18(3)9-12-26-19(17(18)25)7-10-23(11-8-19)15-6-5-14(20)13(2)21-15/h5-6,17,25H,4,7-12H2,1-3H3,(H,22,24)/t17-,18+/m1/s1. The minimum Gasteiger partial charge on any atom is -0.388 e. The number of aliphatic hydroxyl groups is 1. The van der Waals surface area contributed by atoms with Crippen molar-refractivity contribution in [1.82, 2.24) is 10.3 Å². The number of amides is 1. The number of carbonyl (C=O) groups is 1. The summed E-state index contributed by atoms with van der Waals surface area (Å²) in [5, 5.41) is 14.8. The molecule has 2 aliphatic rings. The number of aliphatic hydroxyl groups excluding tert-OH is 1. The summed E-state index contributed by atoms with van der Waals surface area (Å²) < 4.78 is 6.09. The van der Waals surface area contributed by atoms with Crippen LogP contribution in [0.2, 0.25) is 5.02 Å². The first-order chi connectivity index (χ1) is 12.3. The van der Waals surface area contributed by atoms with E-state index in [1.54, 1.807) is 0 Å². The van der Waals surface area contributed by atoms with Gasteiger partial charge in [0.15, 0.2) is 0 Å². The maximum Gasteiger partial charge on any atom is 0.220 e. The van der Waals surface area contributed by atoms with Gasteiger partial charge >= 0.3 is 0 Å². The molecule has 0 bridgehead atoms. The van der Waals surface area contributed by atoms with Crippen LogP contribution in [0, 0.1) is 6.92 Å². The quantitative estimate of drug-likeness (QED) is 0.841. The average Bonchev–Trinajstić information content (AvgIpc) is 2.63. The van der Waals surface area contributed by atoms with Crippen LogP contribution >= 0.6 is 11.6 Å². The molecule has 3 rings (SSSR count). The fraction of sp³-hybridized carbons (Fsp3) is 0.684. The second-order valence-corrected chi connectivity index (χ2v) is 8.02. The molecule has 2 fully saturated rings. The van der Waals surface area contributed by atoms with E-state index in [2.05, 4.69) is 15.2 Å². The number of nitrogens with one attached hydrogen (secondary N) is 1. The van der Waals surface area contributed by atoms with Crippen molar-refractivity contribution in [1.29, 1.82) is 0 Å². The first-order valence-electron chi connectivity index (χ1n) is 9.31. The van der Waals surface area contributed by atoms with E-state index >= 15 is 0 Å². The minimum absolute atomic E-state index is 0.0399. The minimum atomic E-state index is -0.735. The fourth-order valence-electron chi connectivity index (χ4n) is 4.04. The summed E-state index contributed by atoms with van der Waals surface area (Å²) in [5.74, 6) is 0.857. The van der Waals surface area contributed by atoms with Crippen molar-refractivity contribution in [3.63, 3.8) is 0 Å². The predicted molar refractivity (Wildman–Crippen MR) is 102 cm³/mol. The van der Waals surface area contributed by atoms with E-state index in [-0.39, 0.29) is 5.91 Å². The molecule has 26 heavy (non-hydrogen) atoms. The maximum atomic E-state index is 11.9. The van der Waals surface area contributed by atoms with Crippen LogP contribution in [-0.2, 0) is 9.53 Å². The highest BCUT2D eigenvalue weighted by Crippen LogP contribution is 2.40. The van der Waals surface area contributed by atoms with Crippen LogP contribution in [0.25, 0.3) is 0 Å². The molecule has 0 unspecified atom stereocenters. The summed E-state index contributed by atoms with van der Waals surface area (Å²) in [6.45, 7) is 7.65. The van der Waals surface area contributed by atoms with Gasteiger partial charge in [0.25, 0.3) is 0 Å². The molecule has 1 aromatic rings. The van der Waals surface area contributed by atoms with E-state index in [0.717, 1.165) is 24.6 Å². The molecule has 0 saturated carbocycles. The Hall–Kier alpha value is -1.37. The summed E-state index contributed by atoms with van der Waals surface area (Å²) in [7, 11) is 0. The molecule has 2 atom stereocenters. The van der Waals surface area contributed by atoms with E-state index in [9.17, 15) is 9.90 Å². The number of piperidine rings is 1. The number of pyridine rings is 1. The first kappa shape index (κ1) is 19.4. The predicted octanol–water partition coefficient (Wildman–Crippen LogP) is 2.45. The lowest BCUT2D eigenvalue weighted by Crippen LogP contribution is -2.69. The number of hydrogen-bond acceptors (Lipinski definition) is 5. The van der Waals surface area contributed by atoms with Gasteiger partial charge in [-0.05, 0) is 45.2 Å². The van der Waals surface area contributed by atoms with E-state index < -0.39 is 17.2 Å². The zero-order valence-corrected chi connectivity index (χ0v) is 16.5. The van der Waals surface area contributed by atoms with E-state index in [0.29, 0.717) is 37.3 Å². The van der Waals surface area contributed by atoms with Gasteiger partial charge in [-0.1, -0.05) is 18.5 Å². The molecule has 144 valence electrons. The molecule has 2 N–H and O–H groups in total. The monoisotopic (exact) mass is 381 g/mol. The van der Waals surface area contributed by atoms with Crippen LogP contribution < -0.4 is 10.2 Å². The van der Waals surface area contributed by atoms with Crippen molar-refractivity contribution in [2.45, 2.75) is 63.7 Å². The second kappa shape index (κ2) is 7.33. The SMILES string of the molecule is CCC(=O)N[C@@]1(C)CCOC2(CCN(c3ccc(Cl)c(C)n3)CC2)[C@@H]1O. The lowest BCUT2D eigenvalue weighted by atomic mass is 9.73. The number of rotatable bonds is 3. The van der Waals surface area contributed by atoms with Crippen molar-refractivity contribution in [3.8, 4) is 0 Å². The number of carbonyl (C=O) groups excluding carboxylic acids is 1. The van der Waals surface area contributed by atoms with E-state index in [4.69, 9.17) is 16.3 Å². The Balaban J connectivity index is 1.72. The Labute approximate surface area is 159 Å². The Kier molecular flexibility index (Phi) is 5.47. The topological polar surface area (TPSA) is 74.7 Å². The highest BCUT2D eigenvalue weighted by Gasteiger charge is 2.53. The molecule has 1 amide bonds. The van der Waals surface area contributed by atoms with Gasteiger partial charge in [0, 0.05) is 26.1 Å². The Bertz CT molecular complexity index is 676. The third-order valence-corrected chi connectivity index (χ3v) is 6.20. The summed E-state index contributed by atoms with van der Waals surface area (Å²) in [6, 6.07) is 3.80. The number of nitrogens with zero attached hydrogens (tertiary/aromatic N) is 2. The number of anilines is 1. The average molecular weight is 382 g/mol. The number of aromatic nitrogens is 1. The Morgan fingerprint density at radius 1 is 1.42 bits per heavy atom. The summed E-state index contributed by atoms with van der Waals surface area (Å²) in [6.07, 6.45) is 1.67. The van der Waals surface area contributed by atoms with Gasteiger partial charge in [-0.3, -0.25) is 4.79 Å². The van der Waals surface area contributed by atoms with Crippen LogP contribution in [0.3, 0.4) is 0 Å². The van der Waals surface area contributed by atoms with E-state index in [1.807, 2.05) is 32.9 Å². The first-order valence-corrected chi connectivity index (χ1v) is 9.68. The molecule has 1 spiro atoms. The van der Waals surface area contributed by atoms with Gasteiger partial charge in [-0.2, -0.15) is 0 Å². The van der Waals surface area contributed by atoms with Crippen LogP contribution in [-0.4, -0.2) is 52.9 Å². The van der Waals surface area contributed by atoms with Crippen LogP contribution in [0.1, 0.15) is 45.2 Å². The van der Waals surface area contributed by atoms with Gasteiger partial charge in [0.1, 0.15) is 11.9 Å². The highest BCUT2D eigenvalue weighted by molar-refractivity contribution is 6.31. The lowest BCUT2D eigenvalue weighted by Gasteiger charge is -2.53. The number of aryl methyl sites for hydroxylation is 1. The van der Waals surface area contributed by atoms with Crippen LogP contribution in [0.5, 0.6) is 0 Å². The van der Waals surface area contributed by atoms with Gasteiger partial charge in [0.2, 0.25) is 5.91 Å². The molecule has 0 radical (unpaired) electrons. The van der Waals surface area contributed by atoms with E-state index in [1.165, 1.54) is 0 Å². The lowest BCUT2D eigenvalue weighted by molar-refractivity contribution is -0.198. The van der Waals surface area contributed by atoms with Crippen LogP contribution in [0.15, 0.2) is 12.1 Å². The molecule has 2 saturated heterocycles. The normalized spacial score (nSPS) is 28.2. The summed E-state index contributed by atoms with van der Waals surface area (Å²) in [4.78, 5) is 18.7.